The molecule has 1 saturated heterocycles. The molecule has 110 valence electrons. The monoisotopic (exact) mass is 268 g/mol. The Morgan fingerprint density at radius 3 is 2.74 bits per heavy atom. The van der Waals surface area contributed by atoms with Crippen LogP contribution in [0.4, 0.5) is 0 Å². The van der Waals surface area contributed by atoms with Gasteiger partial charge in [0, 0.05) is 18.5 Å². The fourth-order valence-electron chi connectivity index (χ4n) is 3.33. The molecule has 2 rings (SSSR count). The van der Waals surface area contributed by atoms with Gasteiger partial charge >= 0.3 is 0 Å². The number of rotatable bonds is 2. The molecule has 1 aliphatic heterocycles. The molecule has 19 heavy (non-hydrogen) atoms. The molecule has 1 heterocycles. The van der Waals surface area contributed by atoms with Crippen molar-refractivity contribution in [3.8, 4) is 0 Å². The van der Waals surface area contributed by atoms with E-state index in [4.69, 9.17) is 10.5 Å². The third kappa shape index (κ3) is 3.29. The van der Waals surface area contributed by atoms with E-state index in [1.165, 1.54) is 0 Å². The van der Waals surface area contributed by atoms with E-state index >= 15 is 0 Å². The van der Waals surface area contributed by atoms with E-state index in [0.29, 0.717) is 18.4 Å². The van der Waals surface area contributed by atoms with Crippen LogP contribution in [0.2, 0.25) is 0 Å². The Bertz CT molecular complexity index is 321. The van der Waals surface area contributed by atoms with Crippen molar-refractivity contribution in [1.82, 2.24) is 4.90 Å². The summed E-state index contributed by atoms with van der Waals surface area (Å²) in [6.45, 7) is 7.78. The van der Waals surface area contributed by atoms with Gasteiger partial charge in [0.05, 0.1) is 18.8 Å². The lowest BCUT2D eigenvalue weighted by atomic mass is 9.78. The molecule has 1 amide bonds. The smallest absolute Gasteiger partial charge is 0.226 e. The first-order valence-electron chi connectivity index (χ1n) is 7.70. The van der Waals surface area contributed by atoms with Crippen LogP contribution < -0.4 is 5.73 Å². The Labute approximate surface area is 116 Å². The van der Waals surface area contributed by atoms with Crippen LogP contribution in [-0.4, -0.2) is 42.1 Å². The van der Waals surface area contributed by atoms with Crippen LogP contribution in [0.15, 0.2) is 0 Å². The van der Waals surface area contributed by atoms with Crippen molar-refractivity contribution < 1.29 is 9.53 Å². The summed E-state index contributed by atoms with van der Waals surface area (Å²) in [6.07, 6.45) is 4.01. The van der Waals surface area contributed by atoms with Crippen molar-refractivity contribution in [3.63, 3.8) is 0 Å². The highest BCUT2D eigenvalue weighted by Crippen LogP contribution is 2.31. The molecule has 2 fully saturated rings. The zero-order valence-electron chi connectivity index (χ0n) is 12.5. The molecule has 0 aromatic heterocycles. The minimum Gasteiger partial charge on any atom is -0.375 e. The van der Waals surface area contributed by atoms with E-state index in [1.54, 1.807) is 0 Å². The number of morpholine rings is 1. The van der Waals surface area contributed by atoms with E-state index < -0.39 is 0 Å². The molecular weight excluding hydrogens is 240 g/mol. The number of amides is 1. The summed E-state index contributed by atoms with van der Waals surface area (Å²) in [6, 6.07) is 0.532. The molecule has 5 unspecified atom stereocenters. The maximum Gasteiger partial charge on any atom is 0.226 e. The van der Waals surface area contributed by atoms with Crippen molar-refractivity contribution >= 4 is 5.91 Å². The van der Waals surface area contributed by atoms with E-state index in [2.05, 4.69) is 18.7 Å². The van der Waals surface area contributed by atoms with Gasteiger partial charge in [-0.3, -0.25) is 4.79 Å². The molecule has 5 atom stereocenters. The van der Waals surface area contributed by atoms with Crippen LogP contribution in [-0.2, 0) is 9.53 Å². The highest BCUT2D eigenvalue weighted by Gasteiger charge is 2.36. The van der Waals surface area contributed by atoms with Gasteiger partial charge in [-0.1, -0.05) is 13.8 Å². The fourth-order valence-corrected chi connectivity index (χ4v) is 3.33. The molecule has 1 saturated carbocycles. The minimum absolute atomic E-state index is 0.162. The fraction of sp³-hybridized carbons (Fsp3) is 0.933. The van der Waals surface area contributed by atoms with Crippen molar-refractivity contribution in [2.24, 2.45) is 17.6 Å². The lowest BCUT2D eigenvalue weighted by molar-refractivity contribution is -0.150. The average molecular weight is 268 g/mol. The Kier molecular flexibility index (Phi) is 4.85. The number of nitrogens with zero attached hydrogens (tertiary/aromatic N) is 1. The third-order valence-corrected chi connectivity index (χ3v) is 4.81. The second kappa shape index (κ2) is 6.23. The van der Waals surface area contributed by atoms with Crippen molar-refractivity contribution in [1.29, 1.82) is 0 Å². The van der Waals surface area contributed by atoms with Gasteiger partial charge in [0.1, 0.15) is 0 Å². The first-order valence-corrected chi connectivity index (χ1v) is 7.70. The second-order valence-electron chi connectivity index (χ2n) is 6.35. The largest absolute Gasteiger partial charge is 0.375 e. The highest BCUT2D eigenvalue weighted by molar-refractivity contribution is 5.79. The van der Waals surface area contributed by atoms with Gasteiger partial charge < -0.3 is 15.4 Å². The minimum atomic E-state index is 0.162. The van der Waals surface area contributed by atoms with Crippen LogP contribution in [0.25, 0.3) is 0 Å². The van der Waals surface area contributed by atoms with E-state index in [0.717, 1.165) is 32.2 Å². The summed E-state index contributed by atoms with van der Waals surface area (Å²) >= 11 is 0. The van der Waals surface area contributed by atoms with Crippen LogP contribution in [0.5, 0.6) is 0 Å². The van der Waals surface area contributed by atoms with Crippen LogP contribution in [0.3, 0.4) is 0 Å². The molecule has 1 aliphatic carbocycles. The zero-order valence-corrected chi connectivity index (χ0v) is 12.5. The van der Waals surface area contributed by atoms with Gasteiger partial charge in [-0.15, -0.1) is 0 Å². The number of carbonyl (C=O) groups is 1. The van der Waals surface area contributed by atoms with Crippen molar-refractivity contribution in [2.75, 3.05) is 13.2 Å². The van der Waals surface area contributed by atoms with Gasteiger partial charge in [-0.2, -0.15) is 0 Å². The summed E-state index contributed by atoms with van der Waals surface area (Å²) in [5.74, 6) is 0.969. The molecule has 2 N–H and O–H groups in total. The Morgan fingerprint density at radius 1 is 1.37 bits per heavy atom. The predicted molar refractivity (Wildman–Crippen MR) is 75.7 cm³/mol. The molecule has 4 nitrogen and oxygen atoms in total. The zero-order chi connectivity index (χ0) is 14.0. The second-order valence-corrected chi connectivity index (χ2v) is 6.35. The van der Waals surface area contributed by atoms with Crippen LogP contribution in [0, 0.1) is 11.8 Å². The van der Waals surface area contributed by atoms with E-state index in [-0.39, 0.29) is 24.1 Å². The number of nitrogens with two attached hydrogens (primary N) is 1. The molecule has 2 aliphatic rings. The normalized spacial score (nSPS) is 40.2. The lowest BCUT2D eigenvalue weighted by Gasteiger charge is -2.42. The molecule has 0 spiro atoms. The number of carbonyl (C=O) groups excluding carboxylic acids is 1. The lowest BCUT2D eigenvalue weighted by Crippen LogP contribution is -2.54. The summed E-state index contributed by atoms with van der Waals surface area (Å²) in [5, 5.41) is 0. The topological polar surface area (TPSA) is 55.6 Å². The SMILES string of the molecule is CCC1COC(C)CN1C(=O)C1CCC(N)C(C)C1. The van der Waals surface area contributed by atoms with Gasteiger partial charge in [0.25, 0.3) is 0 Å². The van der Waals surface area contributed by atoms with E-state index in [9.17, 15) is 4.79 Å². The Morgan fingerprint density at radius 2 is 2.11 bits per heavy atom. The maximum atomic E-state index is 12.7. The van der Waals surface area contributed by atoms with Crippen molar-refractivity contribution in [2.45, 2.75) is 64.6 Å². The number of ether oxygens (including phenoxy) is 1. The molecular formula is C15H28N2O2. The molecule has 0 aromatic carbocycles. The molecule has 0 radical (unpaired) electrons. The predicted octanol–water partition coefficient (Wildman–Crippen LogP) is 1.78. The van der Waals surface area contributed by atoms with Gasteiger partial charge in [-0.05, 0) is 38.5 Å². The van der Waals surface area contributed by atoms with Crippen LogP contribution >= 0.6 is 0 Å². The summed E-state index contributed by atoms with van der Waals surface area (Å²) in [4.78, 5) is 14.8. The van der Waals surface area contributed by atoms with Crippen LogP contribution in [0.1, 0.15) is 46.5 Å². The Balaban J connectivity index is 2.01. The number of hydrogen-bond donors (Lipinski definition) is 1. The summed E-state index contributed by atoms with van der Waals surface area (Å²) in [7, 11) is 0. The van der Waals surface area contributed by atoms with Crippen molar-refractivity contribution in [3.05, 3.63) is 0 Å². The first-order chi connectivity index (χ1) is 9.02. The molecule has 0 aromatic rings. The van der Waals surface area contributed by atoms with Gasteiger partial charge in [-0.25, -0.2) is 0 Å². The Hall–Kier alpha value is -0.610. The quantitative estimate of drug-likeness (QED) is 0.830. The first kappa shape index (κ1) is 14.8. The summed E-state index contributed by atoms with van der Waals surface area (Å²) in [5.41, 5.74) is 6.05. The van der Waals surface area contributed by atoms with E-state index in [1.807, 2.05) is 6.92 Å². The third-order valence-electron chi connectivity index (χ3n) is 4.81. The number of hydrogen-bond acceptors (Lipinski definition) is 3. The molecule has 0 bridgehead atoms. The van der Waals surface area contributed by atoms with Gasteiger partial charge in [0.2, 0.25) is 5.91 Å². The standard InChI is InChI=1S/C15H28N2O2/c1-4-13-9-19-11(3)8-17(13)15(18)12-5-6-14(16)10(2)7-12/h10-14H,4-9,16H2,1-3H3. The molecule has 4 heteroatoms. The highest BCUT2D eigenvalue weighted by atomic mass is 16.5. The summed E-state index contributed by atoms with van der Waals surface area (Å²) < 4.78 is 5.67. The maximum absolute atomic E-state index is 12.7. The van der Waals surface area contributed by atoms with Gasteiger partial charge in [0.15, 0.2) is 0 Å². The average Bonchev–Trinajstić information content (AvgIpc) is 2.41.